The van der Waals surface area contributed by atoms with Crippen molar-refractivity contribution in [3.63, 3.8) is 0 Å². The van der Waals surface area contributed by atoms with Crippen LogP contribution in [0.15, 0.2) is 24.3 Å². The lowest BCUT2D eigenvalue weighted by Crippen LogP contribution is -2.60. The van der Waals surface area contributed by atoms with Crippen LogP contribution in [0.2, 0.25) is 0 Å². The van der Waals surface area contributed by atoms with Gasteiger partial charge in [0.2, 0.25) is 5.91 Å². The van der Waals surface area contributed by atoms with E-state index < -0.39 is 17.9 Å². The summed E-state index contributed by atoms with van der Waals surface area (Å²) >= 11 is 5.38. The second-order valence-electron chi connectivity index (χ2n) is 7.11. The molecule has 0 radical (unpaired) electrons. The van der Waals surface area contributed by atoms with Crippen LogP contribution in [0.1, 0.15) is 43.5 Å². The van der Waals surface area contributed by atoms with E-state index in [4.69, 9.17) is 26.4 Å². The Hall–Kier alpha value is -2.72. The predicted octanol–water partition coefficient (Wildman–Crippen LogP) is 1.65. The molecule has 2 amide bonds. The van der Waals surface area contributed by atoms with Crippen LogP contribution in [-0.4, -0.2) is 73.4 Å². The van der Waals surface area contributed by atoms with Gasteiger partial charge in [-0.15, -0.1) is 0 Å². The molecule has 1 fully saturated rings. The Balaban J connectivity index is 1.97. The van der Waals surface area contributed by atoms with Crippen LogP contribution < -0.4 is 15.4 Å². The number of piperazine rings is 1. The molecule has 0 aliphatic carbocycles. The van der Waals surface area contributed by atoms with Crippen LogP contribution in [-0.2, 0) is 19.1 Å². The third kappa shape index (κ3) is 8.08. The molecular weight excluding hydrogens is 434 g/mol. The second kappa shape index (κ2) is 13.6. The summed E-state index contributed by atoms with van der Waals surface area (Å²) < 4.78 is 15.9. The zero-order valence-electron chi connectivity index (χ0n) is 18.6. The highest BCUT2D eigenvalue weighted by molar-refractivity contribution is 7.80. The molecule has 1 saturated heterocycles. The number of amides is 2. The van der Waals surface area contributed by atoms with Crippen molar-refractivity contribution in [2.24, 2.45) is 0 Å². The molecule has 10 heteroatoms. The first-order valence-electron chi connectivity index (χ1n) is 10.8. The molecule has 1 atom stereocenters. The summed E-state index contributed by atoms with van der Waals surface area (Å²) in [6.45, 7) is 6.13. The zero-order chi connectivity index (χ0) is 23.3. The monoisotopic (exact) mass is 465 g/mol. The molecule has 1 aliphatic heterocycles. The average Bonchev–Trinajstić information content (AvgIpc) is 2.78. The van der Waals surface area contributed by atoms with Gasteiger partial charge in [-0.3, -0.25) is 19.7 Å². The fourth-order valence-corrected chi connectivity index (χ4v) is 3.35. The molecule has 176 valence electrons. The van der Waals surface area contributed by atoms with Gasteiger partial charge in [-0.2, -0.15) is 0 Å². The fraction of sp³-hybridized carbons (Fsp3) is 0.545. The van der Waals surface area contributed by atoms with E-state index in [0.29, 0.717) is 44.2 Å². The first kappa shape index (κ1) is 25.5. The van der Waals surface area contributed by atoms with Gasteiger partial charge in [0.05, 0.1) is 19.6 Å². The highest BCUT2D eigenvalue weighted by Crippen LogP contribution is 2.15. The number of nitrogens with zero attached hydrogens (tertiary/aromatic N) is 1. The lowest BCUT2D eigenvalue weighted by Gasteiger charge is -2.36. The number of hydrogen-bond donors (Lipinski definition) is 2. The molecule has 0 saturated carbocycles. The number of nitrogens with one attached hydrogen (secondary N) is 2. The standard InChI is InChI=1S/C22H31N3O6S/c1-3-5-11-30-17-8-6-7-16(14-17)20(27)24-22(32)25-10-9-23-21(28)18(25)15-19(26)31-13-12-29-4-2/h6-8,14,18H,3-5,9-13,15H2,1-2H3,(H,23,28)(H,24,27,32). The number of rotatable bonds is 11. The first-order valence-corrected chi connectivity index (χ1v) is 11.2. The molecule has 1 aromatic rings. The number of hydrogen-bond acceptors (Lipinski definition) is 7. The third-order valence-electron chi connectivity index (χ3n) is 4.73. The minimum Gasteiger partial charge on any atom is -0.494 e. The van der Waals surface area contributed by atoms with Gasteiger partial charge in [0, 0.05) is 25.3 Å². The highest BCUT2D eigenvalue weighted by atomic mass is 32.1. The second-order valence-corrected chi connectivity index (χ2v) is 7.50. The number of unbranched alkanes of at least 4 members (excludes halogenated alkanes) is 1. The van der Waals surface area contributed by atoms with Crippen LogP contribution in [0, 0.1) is 0 Å². The Kier molecular flexibility index (Phi) is 10.9. The SMILES string of the molecule is CCCCOc1cccc(C(=O)NC(=S)N2CCNC(=O)C2CC(=O)OCCOCC)c1. The molecule has 2 rings (SSSR count). The fourth-order valence-electron chi connectivity index (χ4n) is 3.04. The Morgan fingerprint density at radius 2 is 2.06 bits per heavy atom. The molecule has 2 N–H and O–H groups in total. The first-order chi connectivity index (χ1) is 15.5. The summed E-state index contributed by atoms with van der Waals surface area (Å²) in [5.74, 6) is -0.703. The predicted molar refractivity (Wildman–Crippen MR) is 122 cm³/mol. The topological polar surface area (TPSA) is 106 Å². The summed E-state index contributed by atoms with van der Waals surface area (Å²) in [7, 11) is 0. The molecule has 32 heavy (non-hydrogen) atoms. The number of benzene rings is 1. The molecular formula is C22H31N3O6S. The summed E-state index contributed by atoms with van der Waals surface area (Å²) in [4.78, 5) is 38.8. The molecule has 1 aromatic carbocycles. The minimum absolute atomic E-state index is 0.0780. The van der Waals surface area contributed by atoms with E-state index in [1.165, 1.54) is 4.90 Å². The summed E-state index contributed by atoms with van der Waals surface area (Å²) in [6.07, 6.45) is 1.75. The number of carbonyl (C=O) groups excluding carboxylic acids is 3. The number of thiocarbonyl (C=S) groups is 1. The number of ether oxygens (including phenoxy) is 3. The number of carbonyl (C=O) groups is 3. The van der Waals surface area contributed by atoms with Gasteiger partial charge in [0.15, 0.2) is 5.11 Å². The Morgan fingerprint density at radius 1 is 1.25 bits per heavy atom. The van der Waals surface area contributed by atoms with Gasteiger partial charge >= 0.3 is 5.97 Å². The molecule has 1 aliphatic rings. The van der Waals surface area contributed by atoms with Gasteiger partial charge in [0.25, 0.3) is 5.91 Å². The van der Waals surface area contributed by atoms with Crippen molar-refractivity contribution in [1.82, 2.24) is 15.5 Å². The van der Waals surface area contributed by atoms with Crippen LogP contribution in [0.5, 0.6) is 5.75 Å². The maximum absolute atomic E-state index is 12.7. The van der Waals surface area contributed by atoms with Crippen molar-refractivity contribution in [3.8, 4) is 5.75 Å². The molecule has 0 bridgehead atoms. The molecule has 0 aromatic heterocycles. The smallest absolute Gasteiger partial charge is 0.308 e. The van der Waals surface area contributed by atoms with Crippen molar-refractivity contribution in [1.29, 1.82) is 0 Å². The number of esters is 1. The van der Waals surface area contributed by atoms with Gasteiger partial charge in [-0.05, 0) is 43.8 Å². The van der Waals surface area contributed by atoms with Crippen molar-refractivity contribution in [3.05, 3.63) is 29.8 Å². The lowest BCUT2D eigenvalue weighted by molar-refractivity contribution is -0.148. The summed E-state index contributed by atoms with van der Waals surface area (Å²) in [6, 6.07) is 5.95. The van der Waals surface area contributed by atoms with Crippen LogP contribution in [0.25, 0.3) is 0 Å². The van der Waals surface area contributed by atoms with Gasteiger partial charge in [-0.1, -0.05) is 19.4 Å². The average molecular weight is 466 g/mol. The van der Waals surface area contributed by atoms with E-state index >= 15 is 0 Å². The van der Waals surface area contributed by atoms with Crippen molar-refractivity contribution in [2.75, 3.05) is 39.5 Å². The lowest BCUT2D eigenvalue weighted by atomic mass is 10.1. The van der Waals surface area contributed by atoms with Gasteiger partial charge in [0.1, 0.15) is 18.4 Å². The van der Waals surface area contributed by atoms with Crippen LogP contribution in [0.3, 0.4) is 0 Å². The van der Waals surface area contributed by atoms with E-state index in [1.54, 1.807) is 24.3 Å². The minimum atomic E-state index is -0.861. The maximum atomic E-state index is 12.7. The summed E-state index contributed by atoms with van der Waals surface area (Å²) in [5, 5.41) is 5.45. The van der Waals surface area contributed by atoms with E-state index in [9.17, 15) is 14.4 Å². The van der Waals surface area contributed by atoms with E-state index in [-0.39, 0.29) is 24.0 Å². The largest absolute Gasteiger partial charge is 0.494 e. The molecule has 0 spiro atoms. The molecule has 9 nitrogen and oxygen atoms in total. The van der Waals surface area contributed by atoms with E-state index in [2.05, 4.69) is 17.6 Å². The van der Waals surface area contributed by atoms with Crippen molar-refractivity contribution in [2.45, 2.75) is 39.2 Å². The zero-order valence-corrected chi connectivity index (χ0v) is 19.4. The van der Waals surface area contributed by atoms with Crippen molar-refractivity contribution >= 4 is 35.1 Å². The van der Waals surface area contributed by atoms with Crippen LogP contribution >= 0.6 is 12.2 Å². The van der Waals surface area contributed by atoms with Gasteiger partial charge < -0.3 is 24.4 Å². The van der Waals surface area contributed by atoms with E-state index in [1.807, 2.05) is 6.92 Å². The van der Waals surface area contributed by atoms with Gasteiger partial charge in [-0.25, -0.2) is 0 Å². The maximum Gasteiger partial charge on any atom is 0.308 e. The van der Waals surface area contributed by atoms with E-state index in [0.717, 1.165) is 12.8 Å². The Bertz CT molecular complexity index is 804. The normalized spacial score (nSPS) is 15.6. The molecule has 1 unspecified atom stereocenters. The molecule has 1 heterocycles. The summed E-state index contributed by atoms with van der Waals surface area (Å²) in [5.41, 5.74) is 0.384. The Morgan fingerprint density at radius 3 is 2.81 bits per heavy atom. The quantitative estimate of drug-likeness (QED) is 0.289. The van der Waals surface area contributed by atoms with Crippen LogP contribution in [0.4, 0.5) is 0 Å². The highest BCUT2D eigenvalue weighted by Gasteiger charge is 2.34. The third-order valence-corrected chi connectivity index (χ3v) is 5.07. The Labute approximate surface area is 193 Å². The van der Waals surface area contributed by atoms with Crippen molar-refractivity contribution < 1.29 is 28.6 Å².